The van der Waals surface area contributed by atoms with Gasteiger partial charge < -0.3 is 9.73 Å². The molecule has 0 atom stereocenters. The summed E-state index contributed by atoms with van der Waals surface area (Å²) in [6.07, 6.45) is 0. The zero-order valence-corrected chi connectivity index (χ0v) is 11.5. The highest BCUT2D eigenvalue weighted by molar-refractivity contribution is 6.04. The Morgan fingerprint density at radius 1 is 1.14 bits per heavy atom. The molecule has 0 bridgehead atoms. The third-order valence-electron chi connectivity index (χ3n) is 3.49. The highest BCUT2D eigenvalue weighted by Crippen LogP contribution is 2.19. The minimum Gasteiger partial charge on any atom is -0.459 e. The number of benzene rings is 2. The van der Waals surface area contributed by atoms with Crippen LogP contribution in [0.15, 0.2) is 52.9 Å². The first-order valence-electron chi connectivity index (χ1n) is 6.86. The summed E-state index contributed by atoms with van der Waals surface area (Å²) >= 11 is 0. The first kappa shape index (κ1) is 12.6. The number of aromatic nitrogens is 3. The molecule has 4 aromatic rings. The van der Waals surface area contributed by atoms with E-state index >= 15 is 0 Å². The molecule has 6 heteroatoms. The Bertz CT molecular complexity index is 937. The van der Waals surface area contributed by atoms with E-state index in [2.05, 4.69) is 20.7 Å². The predicted octanol–water partition coefficient (Wildman–Crippen LogP) is 2.63. The number of rotatable bonds is 3. The van der Waals surface area contributed by atoms with Gasteiger partial charge in [-0.3, -0.25) is 4.79 Å². The fraction of sp³-hybridized carbons (Fsp3) is 0.0625. The van der Waals surface area contributed by atoms with Crippen LogP contribution in [0.4, 0.5) is 0 Å². The largest absolute Gasteiger partial charge is 0.459 e. The minimum absolute atomic E-state index is 0.208. The lowest BCUT2D eigenvalue weighted by atomic mass is 10.1. The van der Waals surface area contributed by atoms with Gasteiger partial charge >= 0.3 is 0 Å². The highest BCUT2D eigenvalue weighted by atomic mass is 16.3. The maximum atomic E-state index is 12.3. The van der Waals surface area contributed by atoms with E-state index in [1.807, 2.05) is 30.3 Å². The Labute approximate surface area is 125 Å². The second kappa shape index (κ2) is 5.00. The van der Waals surface area contributed by atoms with Crippen LogP contribution in [0.3, 0.4) is 0 Å². The molecule has 0 saturated heterocycles. The van der Waals surface area contributed by atoms with Crippen molar-refractivity contribution >= 4 is 27.9 Å². The molecule has 1 amide bonds. The lowest BCUT2D eigenvalue weighted by Crippen LogP contribution is -2.22. The summed E-state index contributed by atoms with van der Waals surface area (Å²) in [6.45, 7) is 0.321. The normalized spacial score (nSPS) is 11.1. The molecule has 0 unspecified atom stereocenters. The van der Waals surface area contributed by atoms with Crippen molar-refractivity contribution in [1.29, 1.82) is 0 Å². The van der Waals surface area contributed by atoms with E-state index < -0.39 is 0 Å². The molecule has 0 spiro atoms. The van der Waals surface area contributed by atoms with Gasteiger partial charge in [0.15, 0.2) is 0 Å². The lowest BCUT2D eigenvalue weighted by Gasteiger charge is -2.03. The standard InChI is InChI=1S/C16H12N4O2/c21-16(12-5-3-6-13-15(12)19-20-18-13)17-9-11-8-10-4-1-2-7-14(10)22-11/h1-8H,9H2,(H,17,21)(H,18,19,20). The zero-order chi connectivity index (χ0) is 14.9. The molecule has 0 fully saturated rings. The Morgan fingerprint density at radius 2 is 2.05 bits per heavy atom. The quantitative estimate of drug-likeness (QED) is 0.608. The summed E-state index contributed by atoms with van der Waals surface area (Å²) in [5, 5.41) is 14.4. The number of nitrogens with zero attached hydrogens (tertiary/aromatic N) is 2. The topological polar surface area (TPSA) is 83.8 Å². The van der Waals surface area contributed by atoms with Crippen LogP contribution in [0.2, 0.25) is 0 Å². The lowest BCUT2D eigenvalue weighted by molar-refractivity contribution is 0.0949. The minimum atomic E-state index is -0.208. The van der Waals surface area contributed by atoms with Crippen molar-refractivity contribution in [2.75, 3.05) is 0 Å². The first-order chi connectivity index (χ1) is 10.8. The van der Waals surface area contributed by atoms with E-state index in [1.165, 1.54) is 0 Å². The number of carbonyl (C=O) groups excluding carboxylic acids is 1. The van der Waals surface area contributed by atoms with Gasteiger partial charge in [0.05, 0.1) is 12.1 Å². The first-order valence-corrected chi connectivity index (χ1v) is 6.86. The van der Waals surface area contributed by atoms with E-state index in [1.54, 1.807) is 18.2 Å². The maximum Gasteiger partial charge on any atom is 0.254 e. The number of H-pyrrole nitrogens is 1. The number of nitrogens with one attached hydrogen (secondary N) is 2. The van der Waals surface area contributed by atoms with Gasteiger partial charge in [-0.2, -0.15) is 15.4 Å². The van der Waals surface area contributed by atoms with E-state index in [9.17, 15) is 4.79 Å². The van der Waals surface area contributed by atoms with Crippen molar-refractivity contribution < 1.29 is 9.21 Å². The number of furan rings is 1. The maximum absolute atomic E-state index is 12.3. The molecule has 0 aliphatic heterocycles. The van der Waals surface area contributed by atoms with Crippen LogP contribution in [0, 0.1) is 0 Å². The van der Waals surface area contributed by atoms with Gasteiger partial charge in [-0.05, 0) is 24.3 Å². The summed E-state index contributed by atoms with van der Waals surface area (Å²) in [6, 6.07) is 15.0. The van der Waals surface area contributed by atoms with Gasteiger partial charge in [-0.15, -0.1) is 0 Å². The number of amides is 1. The van der Waals surface area contributed by atoms with E-state index in [4.69, 9.17) is 4.42 Å². The fourth-order valence-corrected chi connectivity index (χ4v) is 2.44. The summed E-state index contributed by atoms with van der Waals surface area (Å²) < 4.78 is 5.68. The SMILES string of the molecule is O=C(NCc1cc2ccccc2o1)c1cccc2n[nH]nc12. The van der Waals surface area contributed by atoms with E-state index in [-0.39, 0.29) is 5.91 Å². The second-order valence-corrected chi connectivity index (χ2v) is 4.93. The van der Waals surface area contributed by atoms with Gasteiger partial charge in [0, 0.05) is 5.39 Å². The molecule has 0 radical (unpaired) electrons. The van der Waals surface area contributed by atoms with Gasteiger partial charge in [0.1, 0.15) is 22.4 Å². The summed E-state index contributed by atoms with van der Waals surface area (Å²) in [5.41, 5.74) is 2.52. The Balaban J connectivity index is 1.56. The summed E-state index contributed by atoms with van der Waals surface area (Å²) in [4.78, 5) is 12.3. The molecule has 0 aliphatic carbocycles. The molecule has 2 aromatic heterocycles. The van der Waals surface area contributed by atoms with Crippen LogP contribution >= 0.6 is 0 Å². The second-order valence-electron chi connectivity index (χ2n) is 4.93. The number of hydrogen-bond donors (Lipinski definition) is 2. The smallest absolute Gasteiger partial charge is 0.254 e. The third kappa shape index (κ3) is 2.10. The third-order valence-corrected chi connectivity index (χ3v) is 3.49. The number of fused-ring (bicyclic) bond motifs is 2. The van der Waals surface area contributed by atoms with Crippen molar-refractivity contribution in [3.8, 4) is 0 Å². The molecular formula is C16H12N4O2. The number of carbonyl (C=O) groups is 1. The van der Waals surface area contributed by atoms with Gasteiger partial charge in [0.2, 0.25) is 0 Å². The molecule has 2 aromatic carbocycles. The predicted molar refractivity (Wildman–Crippen MR) is 81.3 cm³/mol. The monoisotopic (exact) mass is 292 g/mol. The molecule has 2 heterocycles. The molecule has 2 N–H and O–H groups in total. The number of para-hydroxylation sites is 2. The van der Waals surface area contributed by atoms with Crippen molar-refractivity contribution in [3.63, 3.8) is 0 Å². The molecule has 108 valence electrons. The van der Waals surface area contributed by atoms with Crippen LogP contribution in [0.25, 0.3) is 22.0 Å². The van der Waals surface area contributed by atoms with Crippen LogP contribution in [0.5, 0.6) is 0 Å². The van der Waals surface area contributed by atoms with Crippen molar-refractivity contribution in [1.82, 2.24) is 20.7 Å². The van der Waals surface area contributed by atoms with Crippen molar-refractivity contribution in [2.45, 2.75) is 6.54 Å². The van der Waals surface area contributed by atoms with Crippen molar-refractivity contribution in [3.05, 3.63) is 59.9 Å². The van der Waals surface area contributed by atoms with Crippen LogP contribution < -0.4 is 5.32 Å². The van der Waals surface area contributed by atoms with Crippen LogP contribution in [0.1, 0.15) is 16.1 Å². The van der Waals surface area contributed by atoms with Crippen molar-refractivity contribution in [2.24, 2.45) is 0 Å². The van der Waals surface area contributed by atoms with Crippen LogP contribution in [-0.4, -0.2) is 21.3 Å². The fourth-order valence-electron chi connectivity index (χ4n) is 2.44. The molecule has 22 heavy (non-hydrogen) atoms. The Morgan fingerprint density at radius 3 is 2.95 bits per heavy atom. The average molecular weight is 292 g/mol. The summed E-state index contributed by atoms with van der Waals surface area (Å²) in [7, 11) is 0. The van der Waals surface area contributed by atoms with Crippen LogP contribution in [-0.2, 0) is 6.54 Å². The molecule has 4 rings (SSSR count). The van der Waals surface area contributed by atoms with Gasteiger partial charge in [-0.1, -0.05) is 24.3 Å². The highest BCUT2D eigenvalue weighted by Gasteiger charge is 2.13. The molecule has 0 aliphatic rings. The zero-order valence-electron chi connectivity index (χ0n) is 11.5. The molecule has 6 nitrogen and oxygen atoms in total. The molecule has 0 saturated carbocycles. The Hall–Kier alpha value is -3.15. The Kier molecular flexibility index (Phi) is 2.86. The van der Waals surface area contributed by atoms with E-state index in [0.717, 1.165) is 11.0 Å². The summed E-state index contributed by atoms with van der Waals surface area (Å²) in [5.74, 6) is 0.502. The number of aromatic amines is 1. The average Bonchev–Trinajstić information content (AvgIpc) is 3.18. The number of hydrogen-bond acceptors (Lipinski definition) is 4. The van der Waals surface area contributed by atoms with Gasteiger partial charge in [0.25, 0.3) is 5.91 Å². The molecular weight excluding hydrogens is 280 g/mol. The van der Waals surface area contributed by atoms with Gasteiger partial charge in [-0.25, -0.2) is 0 Å². The van der Waals surface area contributed by atoms with E-state index in [0.29, 0.717) is 28.9 Å².